The van der Waals surface area contributed by atoms with Crippen LogP contribution in [0.2, 0.25) is 0 Å². The van der Waals surface area contributed by atoms with Gasteiger partial charge in [0.05, 0.1) is 5.69 Å². The van der Waals surface area contributed by atoms with Gasteiger partial charge in [-0.05, 0) is 47.7 Å². The molecule has 1 N–H and O–H groups in total. The number of fused-ring (bicyclic) bond motifs is 1. The maximum Gasteiger partial charge on any atom is 0.265 e. The van der Waals surface area contributed by atoms with Gasteiger partial charge in [0, 0.05) is 4.90 Å². The predicted molar refractivity (Wildman–Crippen MR) is 106 cm³/mol. The second-order valence-corrected chi connectivity index (χ2v) is 6.56. The van der Waals surface area contributed by atoms with Crippen molar-refractivity contribution in [2.75, 3.05) is 11.6 Å². The quantitative estimate of drug-likeness (QED) is 0.608. The second-order valence-electron chi connectivity index (χ2n) is 5.71. The monoisotopic (exact) mass is 351 g/mol. The minimum atomic E-state index is -0.531. The van der Waals surface area contributed by atoms with Gasteiger partial charge in [0.25, 0.3) is 5.91 Å². The van der Waals surface area contributed by atoms with Crippen LogP contribution in [0.5, 0.6) is 5.75 Å². The highest BCUT2D eigenvalue weighted by Gasteiger charge is 2.19. The van der Waals surface area contributed by atoms with E-state index in [1.807, 2.05) is 73.8 Å². The Kier molecular flexibility index (Phi) is 5.61. The van der Waals surface area contributed by atoms with Crippen molar-refractivity contribution in [2.45, 2.75) is 24.3 Å². The van der Waals surface area contributed by atoms with Crippen molar-refractivity contribution in [2.24, 2.45) is 0 Å². The van der Waals surface area contributed by atoms with Crippen LogP contribution in [0.4, 0.5) is 5.69 Å². The third kappa shape index (κ3) is 4.15. The van der Waals surface area contributed by atoms with Gasteiger partial charge < -0.3 is 10.1 Å². The van der Waals surface area contributed by atoms with E-state index in [2.05, 4.69) is 11.4 Å². The molecule has 3 aromatic rings. The predicted octanol–water partition coefficient (Wildman–Crippen LogP) is 5.36. The van der Waals surface area contributed by atoms with E-state index >= 15 is 0 Å². The number of hydrogen-bond donors (Lipinski definition) is 1. The van der Waals surface area contributed by atoms with Crippen LogP contribution in [-0.4, -0.2) is 18.3 Å². The van der Waals surface area contributed by atoms with E-state index < -0.39 is 6.10 Å². The molecule has 0 unspecified atom stereocenters. The molecule has 3 aromatic carbocycles. The third-order valence-electron chi connectivity index (χ3n) is 4.03. The van der Waals surface area contributed by atoms with Crippen molar-refractivity contribution >= 4 is 34.1 Å². The average molecular weight is 351 g/mol. The Labute approximate surface area is 152 Å². The summed E-state index contributed by atoms with van der Waals surface area (Å²) in [7, 11) is 0. The SMILES string of the molecule is CC[C@@H](Oc1ccc2ccccc2c1)C(=O)Nc1ccccc1SC. The van der Waals surface area contributed by atoms with Gasteiger partial charge in [-0.3, -0.25) is 4.79 Å². The Bertz CT molecular complexity index is 878. The van der Waals surface area contributed by atoms with Crippen LogP contribution in [0.15, 0.2) is 71.6 Å². The van der Waals surface area contributed by atoms with E-state index in [0.29, 0.717) is 12.2 Å². The second kappa shape index (κ2) is 8.08. The fraction of sp³-hybridized carbons (Fsp3) is 0.190. The summed E-state index contributed by atoms with van der Waals surface area (Å²) < 4.78 is 5.96. The van der Waals surface area contributed by atoms with Crippen LogP contribution in [0, 0.1) is 0 Å². The number of nitrogens with one attached hydrogen (secondary N) is 1. The number of ether oxygens (including phenoxy) is 1. The minimum absolute atomic E-state index is 0.128. The Morgan fingerprint density at radius 2 is 1.76 bits per heavy atom. The first kappa shape index (κ1) is 17.4. The molecule has 128 valence electrons. The molecule has 0 spiro atoms. The number of hydrogen-bond acceptors (Lipinski definition) is 3. The van der Waals surface area contributed by atoms with Gasteiger partial charge in [0.1, 0.15) is 5.75 Å². The maximum absolute atomic E-state index is 12.6. The summed E-state index contributed by atoms with van der Waals surface area (Å²) in [6, 6.07) is 21.8. The van der Waals surface area contributed by atoms with Gasteiger partial charge in [-0.15, -0.1) is 11.8 Å². The van der Waals surface area contributed by atoms with Crippen LogP contribution < -0.4 is 10.1 Å². The molecule has 0 aromatic heterocycles. The molecule has 25 heavy (non-hydrogen) atoms. The van der Waals surface area contributed by atoms with Crippen LogP contribution in [0.3, 0.4) is 0 Å². The number of thioether (sulfide) groups is 1. The number of carbonyl (C=O) groups is 1. The standard InChI is InChI=1S/C21H21NO2S/c1-3-19(21(23)22-18-10-6-7-11-20(18)25-2)24-17-13-12-15-8-4-5-9-16(15)14-17/h4-14,19H,3H2,1-2H3,(H,22,23)/t19-/m1/s1. The molecule has 1 amide bonds. The van der Waals surface area contributed by atoms with Gasteiger partial charge in [-0.1, -0.05) is 49.4 Å². The summed E-state index contributed by atoms with van der Waals surface area (Å²) in [5.41, 5.74) is 0.820. The van der Waals surface area contributed by atoms with Crippen LogP contribution in [0.1, 0.15) is 13.3 Å². The van der Waals surface area contributed by atoms with Gasteiger partial charge >= 0.3 is 0 Å². The number of amides is 1. The van der Waals surface area contributed by atoms with Gasteiger partial charge in [-0.2, -0.15) is 0 Å². The van der Waals surface area contributed by atoms with Gasteiger partial charge in [-0.25, -0.2) is 0 Å². The summed E-state index contributed by atoms with van der Waals surface area (Å²) in [5, 5.41) is 5.24. The van der Waals surface area contributed by atoms with E-state index in [1.165, 1.54) is 0 Å². The molecule has 3 nitrogen and oxygen atoms in total. The van der Waals surface area contributed by atoms with E-state index in [-0.39, 0.29) is 5.91 Å². The summed E-state index contributed by atoms with van der Waals surface area (Å²) in [6.45, 7) is 1.95. The summed E-state index contributed by atoms with van der Waals surface area (Å²) in [4.78, 5) is 13.7. The molecule has 0 heterocycles. The van der Waals surface area contributed by atoms with Crippen molar-refractivity contribution in [3.05, 3.63) is 66.7 Å². The highest BCUT2D eigenvalue weighted by molar-refractivity contribution is 7.98. The fourth-order valence-electron chi connectivity index (χ4n) is 2.69. The van der Waals surface area contributed by atoms with Crippen molar-refractivity contribution < 1.29 is 9.53 Å². The minimum Gasteiger partial charge on any atom is -0.481 e. The lowest BCUT2D eigenvalue weighted by Gasteiger charge is -2.18. The summed E-state index contributed by atoms with van der Waals surface area (Å²) in [5.74, 6) is 0.580. The van der Waals surface area contributed by atoms with Crippen molar-refractivity contribution in [3.8, 4) is 5.75 Å². The maximum atomic E-state index is 12.6. The first-order chi connectivity index (χ1) is 12.2. The topological polar surface area (TPSA) is 38.3 Å². The van der Waals surface area contributed by atoms with Crippen LogP contribution in [-0.2, 0) is 4.79 Å². The molecular formula is C21H21NO2S. The molecule has 0 bridgehead atoms. The van der Waals surface area contributed by atoms with Gasteiger partial charge in [0.2, 0.25) is 0 Å². The zero-order valence-corrected chi connectivity index (χ0v) is 15.2. The highest BCUT2D eigenvalue weighted by atomic mass is 32.2. The highest BCUT2D eigenvalue weighted by Crippen LogP contribution is 2.26. The van der Waals surface area contributed by atoms with Crippen molar-refractivity contribution in [3.63, 3.8) is 0 Å². The third-order valence-corrected chi connectivity index (χ3v) is 4.82. The van der Waals surface area contributed by atoms with Gasteiger partial charge in [0.15, 0.2) is 6.10 Å². The van der Waals surface area contributed by atoms with E-state index in [9.17, 15) is 4.79 Å². The number of anilines is 1. The smallest absolute Gasteiger partial charge is 0.265 e. The van der Waals surface area contributed by atoms with Crippen molar-refractivity contribution in [1.29, 1.82) is 0 Å². The Morgan fingerprint density at radius 1 is 1.04 bits per heavy atom. The first-order valence-corrected chi connectivity index (χ1v) is 9.53. The molecular weight excluding hydrogens is 330 g/mol. The number of rotatable bonds is 6. The molecule has 0 saturated carbocycles. The molecule has 4 heteroatoms. The Morgan fingerprint density at radius 3 is 2.52 bits per heavy atom. The summed E-state index contributed by atoms with van der Waals surface area (Å²) in [6.07, 6.45) is 2.06. The fourth-order valence-corrected chi connectivity index (χ4v) is 3.24. The lowest BCUT2D eigenvalue weighted by molar-refractivity contribution is -0.122. The number of para-hydroxylation sites is 1. The molecule has 0 radical (unpaired) electrons. The van der Waals surface area contributed by atoms with E-state index in [4.69, 9.17) is 4.74 Å². The Hall–Kier alpha value is -2.46. The summed E-state index contributed by atoms with van der Waals surface area (Å²) >= 11 is 1.61. The number of benzene rings is 3. The molecule has 0 aliphatic heterocycles. The molecule has 0 aliphatic carbocycles. The zero-order valence-electron chi connectivity index (χ0n) is 14.4. The zero-order chi connectivity index (χ0) is 17.6. The van der Waals surface area contributed by atoms with Crippen molar-refractivity contribution in [1.82, 2.24) is 0 Å². The van der Waals surface area contributed by atoms with E-state index in [1.54, 1.807) is 11.8 Å². The largest absolute Gasteiger partial charge is 0.481 e. The lowest BCUT2D eigenvalue weighted by atomic mass is 10.1. The lowest BCUT2D eigenvalue weighted by Crippen LogP contribution is -2.32. The van der Waals surface area contributed by atoms with E-state index in [0.717, 1.165) is 21.4 Å². The molecule has 0 fully saturated rings. The first-order valence-electron chi connectivity index (χ1n) is 8.30. The number of carbonyl (C=O) groups excluding carboxylic acids is 1. The van der Waals surface area contributed by atoms with Crippen LogP contribution >= 0.6 is 11.8 Å². The molecule has 3 rings (SSSR count). The molecule has 1 atom stereocenters. The van der Waals surface area contributed by atoms with Crippen LogP contribution in [0.25, 0.3) is 10.8 Å². The molecule has 0 aliphatic rings. The molecule has 0 saturated heterocycles. The average Bonchev–Trinajstić information content (AvgIpc) is 2.66. The normalized spacial score (nSPS) is 11.9. The Balaban J connectivity index is 1.75.